The zero-order chi connectivity index (χ0) is 16.1. The average Bonchev–Trinajstić information content (AvgIpc) is 2.46. The van der Waals surface area contributed by atoms with E-state index in [0.29, 0.717) is 17.3 Å². The summed E-state index contributed by atoms with van der Waals surface area (Å²) in [5.41, 5.74) is 11.7. The van der Waals surface area contributed by atoms with Gasteiger partial charge in [-0.1, -0.05) is 6.07 Å². The number of aromatic nitrogens is 3. The van der Waals surface area contributed by atoms with Crippen LogP contribution in [0.1, 0.15) is 11.4 Å². The number of nitro groups is 1. The molecule has 0 aliphatic heterocycles. The van der Waals surface area contributed by atoms with Crippen LogP contribution in [0.2, 0.25) is 0 Å². The van der Waals surface area contributed by atoms with Crippen molar-refractivity contribution >= 4 is 29.3 Å². The number of nitrogen functional groups attached to an aromatic ring is 2. The third-order valence-corrected chi connectivity index (χ3v) is 3.66. The van der Waals surface area contributed by atoms with E-state index in [4.69, 9.17) is 16.2 Å². The van der Waals surface area contributed by atoms with Crippen LogP contribution in [-0.4, -0.2) is 27.0 Å². The van der Waals surface area contributed by atoms with E-state index in [-0.39, 0.29) is 23.3 Å². The standard InChI is InChI=1S/C12H14N6O3S/c1-21-9-3-2-7(4-8(9)18(19)20)5-22-6-10-15-11(13)17-12(14)16-10/h2-4H,5-6H2,1H3,(H4,13,14,15,16,17). The van der Waals surface area contributed by atoms with Crippen LogP contribution in [-0.2, 0) is 11.5 Å². The Morgan fingerprint density at radius 1 is 1.23 bits per heavy atom. The molecule has 1 aromatic carbocycles. The first-order valence-electron chi connectivity index (χ1n) is 6.14. The molecular weight excluding hydrogens is 308 g/mol. The summed E-state index contributed by atoms with van der Waals surface area (Å²) in [6, 6.07) is 4.84. The maximum atomic E-state index is 11.0. The Morgan fingerprint density at radius 2 is 1.91 bits per heavy atom. The number of hydrogen-bond acceptors (Lipinski definition) is 9. The first kappa shape index (κ1) is 15.8. The minimum absolute atomic E-state index is 0.0609. The summed E-state index contributed by atoms with van der Waals surface area (Å²) in [6.07, 6.45) is 0. The van der Waals surface area contributed by atoms with Gasteiger partial charge < -0.3 is 16.2 Å². The van der Waals surface area contributed by atoms with E-state index < -0.39 is 4.92 Å². The van der Waals surface area contributed by atoms with E-state index in [1.54, 1.807) is 12.1 Å². The van der Waals surface area contributed by atoms with Gasteiger partial charge in [-0.3, -0.25) is 10.1 Å². The van der Waals surface area contributed by atoms with Crippen molar-refractivity contribution in [3.63, 3.8) is 0 Å². The Morgan fingerprint density at radius 3 is 2.50 bits per heavy atom. The number of nitrogens with two attached hydrogens (primary N) is 2. The molecule has 0 radical (unpaired) electrons. The molecule has 0 aliphatic rings. The van der Waals surface area contributed by atoms with Gasteiger partial charge in [0.05, 0.1) is 17.8 Å². The molecule has 0 fully saturated rings. The van der Waals surface area contributed by atoms with E-state index in [1.807, 2.05) is 0 Å². The monoisotopic (exact) mass is 322 g/mol. The fourth-order valence-electron chi connectivity index (χ4n) is 1.75. The van der Waals surface area contributed by atoms with E-state index in [9.17, 15) is 10.1 Å². The van der Waals surface area contributed by atoms with Crippen LogP contribution < -0.4 is 16.2 Å². The molecule has 10 heteroatoms. The molecular formula is C12H14N6O3S. The largest absolute Gasteiger partial charge is 0.490 e. The molecule has 2 rings (SSSR count). The minimum atomic E-state index is -0.472. The summed E-state index contributed by atoms with van der Waals surface area (Å²) in [5.74, 6) is 1.87. The Hall–Kier alpha value is -2.62. The van der Waals surface area contributed by atoms with Crippen molar-refractivity contribution in [3.8, 4) is 5.75 Å². The van der Waals surface area contributed by atoms with Gasteiger partial charge in [-0.2, -0.15) is 15.0 Å². The smallest absolute Gasteiger partial charge is 0.311 e. The van der Waals surface area contributed by atoms with Gasteiger partial charge in [0.25, 0.3) is 0 Å². The van der Waals surface area contributed by atoms with Crippen LogP contribution in [0.3, 0.4) is 0 Å². The molecule has 0 aliphatic carbocycles. The summed E-state index contributed by atoms with van der Waals surface area (Å²) in [5, 5.41) is 11.0. The first-order valence-corrected chi connectivity index (χ1v) is 7.30. The third kappa shape index (κ3) is 3.95. The fourth-order valence-corrected chi connectivity index (χ4v) is 2.58. The number of hydrogen-bond donors (Lipinski definition) is 2. The van der Waals surface area contributed by atoms with Crippen molar-refractivity contribution in [3.05, 3.63) is 39.7 Å². The number of rotatable bonds is 6. The van der Waals surface area contributed by atoms with Gasteiger partial charge in [0.2, 0.25) is 11.9 Å². The molecule has 9 nitrogen and oxygen atoms in total. The highest BCUT2D eigenvalue weighted by Crippen LogP contribution is 2.29. The Labute approximate surface area is 130 Å². The predicted octanol–water partition coefficient (Wildman–Crippen LogP) is 1.39. The van der Waals surface area contributed by atoms with Crippen LogP contribution in [0.4, 0.5) is 17.6 Å². The molecule has 1 heterocycles. The lowest BCUT2D eigenvalue weighted by Gasteiger charge is -2.05. The summed E-state index contributed by atoms with van der Waals surface area (Å²) >= 11 is 1.48. The van der Waals surface area contributed by atoms with Gasteiger partial charge in [-0.05, 0) is 11.6 Å². The molecule has 116 valence electrons. The van der Waals surface area contributed by atoms with Crippen LogP contribution in [0.5, 0.6) is 5.75 Å². The summed E-state index contributed by atoms with van der Waals surface area (Å²) in [7, 11) is 1.40. The van der Waals surface area contributed by atoms with Gasteiger partial charge >= 0.3 is 5.69 Å². The summed E-state index contributed by atoms with van der Waals surface area (Å²) in [6.45, 7) is 0. The first-order chi connectivity index (χ1) is 10.5. The molecule has 0 amide bonds. The minimum Gasteiger partial charge on any atom is -0.490 e. The second-order valence-corrected chi connectivity index (χ2v) is 5.21. The number of nitro benzene ring substituents is 1. The Balaban J connectivity index is 2.02. The molecule has 0 unspecified atom stereocenters. The van der Waals surface area contributed by atoms with Crippen molar-refractivity contribution < 1.29 is 9.66 Å². The van der Waals surface area contributed by atoms with Gasteiger partial charge in [0, 0.05) is 11.8 Å². The molecule has 0 atom stereocenters. The van der Waals surface area contributed by atoms with Gasteiger partial charge in [0.15, 0.2) is 5.75 Å². The highest BCUT2D eigenvalue weighted by molar-refractivity contribution is 7.97. The zero-order valence-electron chi connectivity index (χ0n) is 11.7. The number of methoxy groups -OCH3 is 1. The van der Waals surface area contributed by atoms with E-state index in [0.717, 1.165) is 5.56 Å². The topological polar surface area (TPSA) is 143 Å². The average molecular weight is 322 g/mol. The molecule has 0 saturated heterocycles. The van der Waals surface area contributed by atoms with Crippen molar-refractivity contribution in [2.45, 2.75) is 11.5 Å². The van der Waals surface area contributed by atoms with Crippen LogP contribution in [0.25, 0.3) is 0 Å². The quantitative estimate of drug-likeness (QED) is 0.595. The summed E-state index contributed by atoms with van der Waals surface area (Å²) < 4.78 is 4.96. The lowest BCUT2D eigenvalue weighted by Crippen LogP contribution is -2.06. The van der Waals surface area contributed by atoms with Crippen molar-refractivity contribution in [2.24, 2.45) is 0 Å². The molecule has 0 bridgehead atoms. The maximum Gasteiger partial charge on any atom is 0.311 e. The van der Waals surface area contributed by atoms with Crippen LogP contribution >= 0.6 is 11.8 Å². The number of ether oxygens (including phenoxy) is 1. The maximum absolute atomic E-state index is 11.0. The molecule has 1 aromatic heterocycles. The van der Waals surface area contributed by atoms with E-state index in [2.05, 4.69) is 15.0 Å². The highest BCUT2D eigenvalue weighted by Gasteiger charge is 2.15. The second kappa shape index (κ2) is 6.89. The number of benzene rings is 1. The lowest BCUT2D eigenvalue weighted by molar-refractivity contribution is -0.385. The Kier molecular flexibility index (Phi) is 4.94. The normalized spacial score (nSPS) is 10.4. The fraction of sp³-hybridized carbons (Fsp3) is 0.250. The van der Waals surface area contributed by atoms with Gasteiger partial charge in [0.1, 0.15) is 5.82 Å². The van der Waals surface area contributed by atoms with Gasteiger partial charge in [-0.15, -0.1) is 11.8 Å². The lowest BCUT2D eigenvalue weighted by atomic mass is 10.2. The Bertz CT molecular complexity index is 676. The molecule has 22 heavy (non-hydrogen) atoms. The number of thioether (sulfide) groups is 1. The molecule has 2 aromatic rings. The molecule has 4 N–H and O–H groups in total. The highest BCUT2D eigenvalue weighted by atomic mass is 32.2. The van der Waals surface area contributed by atoms with E-state index in [1.165, 1.54) is 24.9 Å². The van der Waals surface area contributed by atoms with Crippen LogP contribution in [0.15, 0.2) is 18.2 Å². The van der Waals surface area contributed by atoms with Crippen LogP contribution in [0, 0.1) is 10.1 Å². The SMILES string of the molecule is COc1ccc(CSCc2nc(N)nc(N)n2)cc1[N+](=O)[O-]. The van der Waals surface area contributed by atoms with Gasteiger partial charge in [-0.25, -0.2) is 0 Å². The number of nitrogens with zero attached hydrogens (tertiary/aromatic N) is 4. The molecule has 0 saturated carbocycles. The third-order valence-electron chi connectivity index (χ3n) is 2.66. The van der Waals surface area contributed by atoms with E-state index >= 15 is 0 Å². The second-order valence-electron chi connectivity index (χ2n) is 4.22. The predicted molar refractivity (Wildman–Crippen MR) is 83.3 cm³/mol. The van der Waals surface area contributed by atoms with Crippen molar-refractivity contribution in [2.75, 3.05) is 18.6 Å². The number of anilines is 2. The zero-order valence-corrected chi connectivity index (χ0v) is 12.5. The summed E-state index contributed by atoms with van der Waals surface area (Å²) in [4.78, 5) is 22.1. The van der Waals surface area contributed by atoms with Crippen molar-refractivity contribution in [1.82, 2.24) is 15.0 Å². The molecule has 0 spiro atoms. The van der Waals surface area contributed by atoms with Crippen molar-refractivity contribution in [1.29, 1.82) is 0 Å².